The second-order valence-corrected chi connectivity index (χ2v) is 3.00. The van der Waals surface area contributed by atoms with E-state index in [1.807, 2.05) is 0 Å². The number of alkyl halides is 3. The molecule has 0 atom stereocenters. The summed E-state index contributed by atoms with van der Waals surface area (Å²) in [5, 5.41) is 18.1. The zero-order chi connectivity index (χ0) is 11.6. The Morgan fingerprint density at radius 1 is 1.20 bits per heavy atom. The number of aromatic hydroxyl groups is 2. The summed E-state index contributed by atoms with van der Waals surface area (Å²) in [7, 11) is 0. The molecule has 1 aromatic rings. The molecular formula is C9H10F3NO2. The number of benzene rings is 1. The fourth-order valence-electron chi connectivity index (χ4n) is 1.30. The van der Waals surface area contributed by atoms with E-state index in [9.17, 15) is 13.2 Å². The van der Waals surface area contributed by atoms with Crippen LogP contribution in [0.4, 0.5) is 13.2 Å². The van der Waals surface area contributed by atoms with Crippen LogP contribution in [-0.2, 0) is 12.6 Å². The van der Waals surface area contributed by atoms with E-state index in [2.05, 4.69) is 0 Å². The summed E-state index contributed by atoms with van der Waals surface area (Å²) >= 11 is 0. The highest BCUT2D eigenvalue weighted by Gasteiger charge is 2.37. The molecule has 0 saturated carbocycles. The molecule has 15 heavy (non-hydrogen) atoms. The number of hydrogen-bond donors (Lipinski definition) is 3. The summed E-state index contributed by atoms with van der Waals surface area (Å²) in [5.74, 6) is -1.93. The van der Waals surface area contributed by atoms with E-state index in [0.717, 1.165) is 12.1 Å². The van der Waals surface area contributed by atoms with Crippen LogP contribution in [0.3, 0.4) is 0 Å². The molecule has 1 aromatic carbocycles. The lowest BCUT2D eigenvalue weighted by Crippen LogP contribution is -2.12. The molecule has 0 fully saturated rings. The summed E-state index contributed by atoms with van der Waals surface area (Å²) in [6.07, 6.45) is -4.71. The van der Waals surface area contributed by atoms with Gasteiger partial charge in [0.2, 0.25) is 0 Å². The SMILES string of the molecule is NCCc1ccc(O)c(O)c1C(F)(F)F. The minimum Gasteiger partial charge on any atom is -0.504 e. The summed E-state index contributed by atoms with van der Waals surface area (Å²) in [5.41, 5.74) is 3.81. The zero-order valence-electron chi connectivity index (χ0n) is 7.67. The smallest absolute Gasteiger partial charge is 0.420 e. The van der Waals surface area contributed by atoms with Gasteiger partial charge in [-0.1, -0.05) is 6.07 Å². The van der Waals surface area contributed by atoms with Crippen LogP contribution < -0.4 is 5.73 Å². The van der Waals surface area contributed by atoms with Gasteiger partial charge in [-0.15, -0.1) is 0 Å². The maximum Gasteiger partial charge on any atom is 0.420 e. The quantitative estimate of drug-likeness (QED) is 0.665. The number of halogens is 3. The second-order valence-electron chi connectivity index (χ2n) is 3.00. The van der Waals surface area contributed by atoms with Crippen molar-refractivity contribution in [3.63, 3.8) is 0 Å². The van der Waals surface area contributed by atoms with Crippen molar-refractivity contribution in [2.45, 2.75) is 12.6 Å². The Balaban J connectivity index is 3.35. The fraction of sp³-hybridized carbons (Fsp3) is 0.333. The Hall–Kier alpha value is -1.43. The highest BCUT2D eigenvalue weighted by molar-refractivity contribution is 5.50. The molecule has 4 N–H and O–H groups in total. The first-order valence-corrected chi connectivity index (χ1v) is 4.19. The lowest BCUT2D eigenvalue weighted by atomic mass is 10.0. The van der Waals surface area contributed by atoms with Crippen molar-refractivity contribution in [2.24, 2.45) is 5.73 Å². The Labute approximate surface area is 84.0 Å². The van der Waals surface area contributed by atoms with Crippen molar-refractivity contribution >= 4 is 0 Å². The molecule has 3 nitrogen and oxygen atoms in total. The van der Waals surface area contributed by atoms with E-state index in [1.54, 1.807) is 0 Å². The van der Waals surface area contributed by atoms with Crippen LogP contribution in [0, 0.1) is 0 Å². The molecule has 0 amide bonds. The standard InChI is InChI=1S/C9H10F3NO2/c10-9(11,12)7-5(3-4-13)1-2-6(14)8(7)15/h1-2,14-15H,3-4,13H2. The molecule has 1 rings (SSSR count). The molecule has 0 heterocycles. The molecule has 0 aliphatic heterocycles. The first kappa shape index (κ1) is 11.6. The van der Waals surface area contributed by atoms with Gasteiger partial charge in [-0.2, -0.15) is 13.2 Å². The summed E-state index contributed by atoms with van der Waals surface area (Å²) in [4.78, 5) is 0. The van der Waals surface area contributed by atoms with Crippen LogP contribution >= 0.6 is 0 Å². The van der Waals surface area contributed by atoms with Gasteiger partial charge in [0.15, 0.2) is 11.5 Å². The summed E-state index contributed by atoms with van der Waals surface area (Å²) in [6, 6.07) is 2.11. The van der Waals surface area contributed by atoms with Gasteiger partial charge >= 0.3 is 6.18 Å². The van der Waals surface area contributed by atoms with Crippen molar-refractivity contribution < 1.29 is 23.4 Å². The third-order valence-electron chi connectivity index (χ3n) is 1.94. The predicted molar refractivity (Wildman–Crippen MR) is 47.5 cm³/mol. The third-order valence-corrected chi connectivity index (χ3v) is 1.94. The van der Waals surface area contributed by atoms with Gasteiger partial charge in [0.25, 0.3) is 0 Å². The van der Waals surface area contributed by atoms with Gasteiger partial charge in [-0.05, 0) is 24.6 Å². The van der Waals surface area contributed by atoms with Gasteiger partial charge in [0, 0.05) is 0 Å². The Bertz CT molecular complexity index is 363. The van der Waals surface area contributed by atoms with E-state index in [4.69, 9.17) is 15.9 Å². The lowest BCUT2D eigenvalue weighted by molar-refractivity contribution is -0.139. The molecule has 0 saturated heterocycles. The predicted octanol–water partition coefficient (Wildman–Crippen LogP) is 1.62. The average molecular weight is 221 g/mol. The normalized spacial score (nSPS) is 11.7. The zero-order valence-corrected chi connectivity index (χ0v) is 7.67. The van der Waals surface area contributed by atoms with Crippen molar-refractivity contribution in [3.05, 3.63) is 23.3 Å². The summed E-state index contributed by atoms with van der Waals surface area (Å²) in [6.45, 7) is 0.0350. The monoisotopic (exact) mass is 221 g/mol. The minimum absolute atomic E-state index is 0.0112. The minimum atomic E-state index is -4.70. The van der Waals surface area contributed by atoms with Crippen LogP contribution in [0.1, 0.15) is 11.1 Å². The molecule has 0 aliphatic carbocycles. The van der Waals surface area contributed by atoms with Gasteiger partial charge in [-0.25, -0.2) is 0 Å². The lowest BCUT2D eigenvalue weighted by Gasteiger charge is -2.14. The number of hydrogen-bond acceptors (Lipinski definition) is 3. The molecule has 0 aromatic heterocycles. The molecule has 0 aliphatic rings. The molecule has 84 valence electrons. The van der Waals surface area contributed by atoms with Crippen LogP contribution in [0.25, 0.3) is 0 Å². The van der Waals surface area contributed by atoms with Gasteiger partial charge in [0.1, 0.15) is 5.56 Å². The maximum absolute atomic E-state index is 12.5. The van der Waals surface area contributed by atoms with Gasteiger partial charge in [0.05, 0.1) is 0 Å². The Morgan fingerprint density at radius 2 is 1.80 bits per heavy atom. The summed E-state index contributed by atoms with van der Waals surface area (Å²) < 4.78 is 37.5. The Morgan fingerprint density at radius 3 is 2.27 bits per heavy atom. The number of phenolic OH excluding ortho intramolecular Hbond substituents is 2. The van der Waals surface area contributed by atoms with Crippen molar-refractivity contribution in [1.29, 1.82) is 0 Å². The molecule has 6 heteroatoms. The first-order valence-electron chi connectivity index (χ1n) is 4.19. The number of phenols is 2. The van der Waals surface area contributed by atoms with Crippen LogP contribution in [0.5, 0.6) is 11.5 Å². The van der Waals surface area contributed by atoms with Crippen LogP contribution in [-0.4, -0.2) is 16.8 Å². The highest BCUT2D eigenvalue weighted by Crippen LogP contribution is 2.42. The number of nitrogens with two attached hydrogens (primary N) is 1. The largest absolute Gasteiger partial charge is 0.504 e. The van der Waals surface area contributed by atoms with E-state index in [0.29, 0.717) is 0 Å². The van der Waals surface area contributed by atoms with Gasteiger partial charge < -0.3 is 15.9 Å². The van der Waals surface area contributed by atoms with Gasteiger partial charge in [-0.3, -0.25) is 0 Å². The van der Waals surface area contributed by atoms with Crippen molar-refractivity contribution in [3.8, 4) is 11.5 Å². The molecule has 0 bridgehead atoms. The molecular weight excluding hydrogens is 211 g/mol. The number of rotatable bonds is 2. The first-order chi connectivity index (χ1) is 6.88. The molecule has 0 spiro atoms. The van der Waals surface area contributed by atoms with E-state index < -0.39 is 23.2 Å². The highest BCUT2D eigenvalue weighted by atomic mass is 19.4. The van der Waals surface area contributed by atoms with Crippen LogP contribution in [0.15, 0.2) is 12.1 Å². The molecule has 0 unspecified atom stereocenters. The second kappa shape index (κ2) is 3.98. The molecule has 0 radical (unpaired) electrons. The van der Waals surface area contributed by atoms with Crippen LogP contribution in [0.2, 0.25) is 0 Å². The van der Waals surface area contributed by atoms with E-state index >= 15 is 0 Å². The van der Waals surface area contributed by atoms with E-state index in [-0.39, 0.29) is 18.5 Å². The maximum atomic E-state index is 12.5. The average Bonchev–Trinajstić information content (AvgIpc) is 2.10. The van der Waals surface area contributed by atoms with Crippen molar-refractivity contribution in [1.82, 2.24) is 0 Å². The fourth-order valence-corrected chi connectivity index (χ4v) is 1.30. The van der Waals surface area contributed by atoms with E-state index in [1.165, 1.54) is 0 Å². The Kier molecular flexibility index (Phi) is 3.09. The third kappa shape index (κ3) is 2.33. The topological polar surface area (TPSA) is 66.5 Å². The van der Waals surface area contributed by atoms with Crippen molar-refractivity contribution in [2.75, 3.05) is 6.54 Å².